The lowest BCUT2D eigenvalue weighted by Gasteiger charge is -2.07. The fourth-order valence-electron chi connectivity index (χ4n) is 1.85. The van der Waals surface area contributed by atoms with Crippen molar-refractivity contribution >= 4 is 5.78 Å². The fraction of sp³-hybridized carbons (Fsp3) is 0.133. The van der Waals surface area contributed by atoms with Gasteiger partial charge in [-0.1, -0.05) is 12.1 Å². The number of halogens is 2. The van der Waals surface area contributed by atoms with Gasteiger partial charge in [0.1, 0.15) is 11.6 Å². The average Bonchev–Trinajstić information content (AvgIpc) is 2.32. The van der Waals surface area contributed by atoms with Crippen molar-refractivity contribution in [3.8, 4) is 0 Å². The molecule has 0 bridgehead atoms. The van der Waals surface area contributed by atoms with Crippen molar-refractivity contribution in [2.24, 2.45) is 0 Å². The molecular formula is C15H12F2O. The van der Waals surface area contributed by atoms with Crippen molar-refractivity contribution < 1.29 is 13.6 Å². The first kappa shape index (κ1) is 12.4. The molecule has 3 heteroatoms. The summed E-state index contributed by atoms with van der Waals surface area (Å²) in [6, 6.07) is 8.52. The number of ketones is 1. The molecule has 0 N–H and O–H groups in total. The summed E-state index contributed by atoms with van der Waals surface area (Å²) in [6.45, 7) is 3.23. The minimum atomic E-state index is -0.522. The highest BCUT2D eigenvalue weighted by Gasteiger charge is 2.17. The van der Waals surface area contributed by atoms with Crippen molar-refractivity contribution in [1.29, 1.82) is 0 Å². The molecule has 0 atom stereocenters. The first-order valence-electron chi connectivity index (χ1n) is 5.56. The maximum absolute atomic E-state index is 13.9. The molecule has 2 aromatic carbocycles. The summed E-state index contributed by atoms with van der Waals surface area (Å²) in [5.41, 5.74) is 1.26. The predicted octanol–water partition coefficient (Wildman–Crippen LogP) is 3.81. The number of carbonyl (C=O) groups is 1. The third-order valence-corrected chi connectivity index (χ3v) is 2.87. The molecule has 0 aliphatic carbocycles. The van der Waals surface area contributed by atoms with Crippen LogP contribution in [0.1, 0.15) is 27.0 Å². The smallest absolute Gasteiger partial charge is 0.196 e. The molecule has 0 heterocycles. The molecular weight excluding hydrogens is 234 g/mol. The molecule has 92 valence electrons. The summed E-state index contributed by atoms with van der Waals surface area (Å²) in [5.74, 6) is -1.35. The Balaban J connectivity index is 2.51. The number of rotatable bonds is 2. The van der Waals surface area contributed by atoms with Gasteiger partial charge in [-0.15, -0.1) is 0 Å². The van der Waals surface area contributed by atoms with Gasteiger partial charge in [0.15, 0.2) is 5.78 Å². The molecule has 0 saturated heterocycles. The topological polar surface area (TPSA) is 17.1 Å². The van der Waals surface area contributed by atoms with Gasteiger partial charge < -0.3 is 0 Å². The van der Waals surface area contributed by atoms with Crippen molar-refractivity contribution in [2.45, 2.75) is 13.8 Å². The Bertz CT molecular complexity index is 618. The number of benzene rings is 2. The summed E-state index contributed by atoms with van der Waals surface area (Å²) in [7, 11) is 0. The lowest BCUT2D eigenvalue weighted by atomic mass is 9.97. The predicted molar refractivity (Wildman–Crippen MR) is 65.7 cm³/mol. The summed E-state index contributed by atoms with van der Waals surface area (Å²) in [5, 5.41) is 0. The van der Waals surface area contributed by atoms with E-state index < -0.39 is 17.4 Å². The lowest BCUT2D eigenvalue weighted by Crippen LogP contribution is -2.07. The Kier molecular flexibility index (Phi) is 3.24. The van der Waals surface area contributed by atoms with Crippen LogP contribution in [0.25, 0.3) is 0 Å². The standard InChI is InChI=1S/C15H12F2O/c1-9-4-3-5-13(14(9)17)15(18)12-7-6-11(16)8-10(12)2/h3-8H,1-2H3. The normalized spacial score (nSPS) is 10.4. The fourth-order valence-corrected chi connectivity index (χ4v) is 1.85. The number of hydrogen-bond donors (Lipinski definition) is 0. The van der Waals surface area contributed by atoms with Crippen LogP contribution in [0, 0.1) is 25.5 Å². The third-order valence-electron chi connectivity index (χ3n) is 2.87. The Morgan fingerprint density at radius 3 is 2.33 bits per heavy atom. The number of carbonyl (C=O) groups excluding carboxylic acids is 1. The van der Waals surface area contributed by atoms with E-state index >= 15 is 0 Å². The Morgan fingerprint density at radius 2 is 1.67 bits per heavy atom. The minimum Gasteiger partial charge on any atom is -0.288 e. The molecule has 0 amide bonds. The van der Waals surface area contributed by atoms with Crippen molar-refractivity contribution in [3.63, 3.8) is 0 Å². The third kappa shape index (κ3) is 2.16. The maximum atomic E-state index is 13.9. The van der Waals surface area contributed by atoms with Crippen LogP contribution in [0.5, 0.6) is 0 Å². The van der Waals surface area contributed by atoms with Gasteiger partial charge in [-0.2, -0.15) is 0 Å². The molecule has 2 aromatic rings. The average molecular weight is 246 g/mol. The molecule has 2 rings (SSSR count). The zero-order valence-corrected chi connectivity index (χ0v) is 10.1. The number of hydrogen-bond acceptors (Lipinski definition) is 1. The van der Waals surface area contributed by atoms with E-state index in [1.54, 1.807) is 26.0 Å². The van der Waals surface area contributed by atoms with E-state index in [4.69, 9.17) is 0 Å². The van der Waals surface area contributed by atoms with E-state index in [0.29, 0.717) is 16.7 Å². The van der Waals surface area contributed by atoms with Gasteiger partial charge in [0, 0.05) is 5.56 Å². The minimum absolute atomic E-state index is 0.0182. The van der Waals surface area contributed by atoms with Crippen LogP contribution < -0.4 is 0 Å². The van der Waals surface area contributed by atoms with E-state index in [-0.39, 0.29) is 5.56 Å². The second-order valence-corrected chi connectivity index (χ2v) is 4.22. The van der Waals surface area contributed by atoms with Gasteiger partial charge in [-0.25, -0.2) is 8.78 Å². The molecule has 18 heavy (non-hydrogen) atoms. The Morgan fingerprint density at radius 1 is 0.944 bits per heavy atom. The molecule has 0 radical (unpaired) electrons. The molecule has 0 saturated carbocycles. The van der Waals surface area contributed by atoms with Crippen LogP contribution in [0.15, 0.2) is 36.4 Å². The number of aryl methyl sites for hydroxylation is 2. The zero-order chi connectivity index (χ0) is 13.3. The Labute approximate surface area is 104 Å². The highest BCUT2D eigenvalue weighted by Crippen LogP contribution is 2.19. The quantitative estimate of drug-likeness (QED) is 0.736. The summed E-state index contributed by atoms with van der Waals surface area (Å²) < 4.78 is 26.8. The summed E-state index contributed by atoms with van der Waals surface area (Å²) >= 11 is 0. The monoisotopic (exact) mass is 246 g/mol. The van der Waals surface area contributed by atoms with Gasteiger partial charge in [0.2, 0.25) is 0 Å². The zero-order valence-electron chi connectivity index (χ0n) is 10.1. The molecule has 1 nitrogen and oxygen atoms in total. The second kappa shape index (κ2) is 4.69. The highest BCUT2D eigenvalue weighted by atomic mass is 19.1. The van der Waals surface area contributed by atoms with Gasteiger partial charge in [0.05, 0.1) is 5.56 Å². The van der Waals surface area contributed by atoms with Crippen LogP contribution in [0.4, 0.5) is 8.78 Å². The lowest BCUT2D eigenvalue weighted by molar-refractivity contribution is 0.103. The van der Waals surface area contributed by atoms with Gasteiger partial charge in [-0.3, -0.25) is 4.79 Å². The van der Waals surface area contributed by atoms with E-state index in [1.807, 2.05) is 0 Å². The van der Waals surface area contributed by atoms with E-state index in [9.17, 15) is 13.6 Å². The van der Waals surface area contributed by atoms with Crippen LogP contribution >= 0.6 is 0 Å². The molecule has 0 spiro atoms. The van der Waals surface area contributed by atoms with Gasteiger partial charge in [-0.05, 0) is 49.2 Å². The second-order valence-electron chi connectivity index (χ2n) is 4.22. The largest absolute Gasteiger partial charge is 0.288 e. The molecule has 0 aliphatic rings. The van der Waals surface area contributed by atoms with Gasteiger partial charge >= 0.3 is 0 Å². The van der Waals surface area contributed by atoms with E-state index in [0.717, 1.165) is 0 Å². The van der Waals surface area contributed by atoms with E-state index in [1.165, 1.54) is 24.3 Å². The molecule has 0 aliphatic heterocycles. The molecule has 0 fully saturated rings. The molecule has 0 aromatic heterocycles. The summed E-state index contributed by atoms with van der Waals surface area (Å²) in [4.78, 5) is 12.2. The van der Waals surface area contributed by atoms with Crippen LogP contribution in [0.2, 0.25) is 0 Å². The van der Waals surface area contributed by atoms with Crippen molar-refractivity contribution in [1.82, 2.24) is 0 Å². The SMILES string of the molecule is Cc1cc(F)ccc1C(=O)c1cccc(C)c1F. The maximum Gasteiger partial charge on any atom is 0.196 e. The van der Waals surface area contributed by atoms with Crippen molar-refractivity contribution in [2.75, 3.05) is 0 Å². The van der Waals surface area contributed by atoms with Gasteiger partial charge in [0.25, 0.3) is 0 Å². The van der Waals surface area contributed by atoms with E-state index in [2.05, 4.69) is 0 Å². The van der Waals surface area contributed by atoms with Crippen LogP contribution in [0.3, 0.4) is 0 Å². The van der Waals surface area contributed by atoms with Crippen LogP contribution in [-0.2, 0) is 0 Å². The van der Waals surface area contributed by atoms with Crippen molar-refractivity contribution in [3.05, 3.63) is 70.3 Å². The highest BCUT2D eigenvalue weighted by molar-refractivity contribution is 6.10. The first-order chi connectivity index (χ1) is 8.50. The first-order valence-corrected chi connectivity index (χ1v) is 5.56. The molecule has 0 unspecified atom stereocenters. The summed E-state index contributed by atoms with van der Waals surface area (Å²) in [6.07, 6.45) is 0. The Hall–Kier alpha value is -2.03. The van der Waals surface area contributed by atoms with Crippen LogP contribution in [-0.4, -0.2) is 5.78 Å².